The van der Waals surface area contributed by atoms with E-state index in [-0.39, 0.29) is 23.3 Å². The van der Waals surface area contributed by atoms with E-state index < -0.39 is 9.84 Å². The molecule has 2 aromatic heterocycles. The van der Waals surface area contributed by atoms with Gasteiger partial charge in [-0.05, 0) is 44.4 Å². The number of nitrogens with zero attached hydrogens (tertiary/aromatic N) is 4. The average molecular weight is 433 g/mol. The van der Waals surface area contributed by atoms with Crippen molar-refractivity contribution in [3.63, 3.8) is 0 Å². The van der Waals surface area contributed by atoms with Crippen LogP contribution in [0, 0.1) is 13.8 Å². The van der Waals surface area contributed by atoms with Crippen LogP contribution in [0.25, 0.3) is 5.65 Å². The number of pyridine rings is 1. The molecule has 30 heavy (non-hydrogen) atoms. The zero-order chi connectivity index (χ0) is 21.3. The molecule has 0 N–H and O–H groups in total. The van der Waals surface area contributed by atoms with Crippen LogP contribution in [-0.4, -0.2) is 70.7 Å². The number of carbonyl (C=O) groups excluding carboxylic acids is 1. The minimum Gasteiger partial charge on any atom is -0.340 e. The van der Waals surface area contributed by atoms with Crippen LogP contribution in [0.2, 0.25) is 0 Å². The molecule has 3 heterocycles. The number of aromatic nitrogens is 2. The van der Waals surface area contributed by atoms with Crippen LogP contribution in [0.1, 0.15) is 49.1 Å². The molecule has 8 heteroatoms. The molecule has 0 radical (unpaired) electrons. The highest BCUT2D eigenvalue weighted by atomic mass is 32.2. The summed E-state index contributed by atoms with van der Waals surface area (Å²) in [5.41, 5.74) is 4.39. The number of sulfone groups is 1. The highest BCUT2D eigenvalue weighted by Gasteiger charge is 2.30. The maximum atomic E-state index is 12.6. The average Bonchev–Trinajstić information content (AvgIpc) is 3.36. The van der Waals surface area contributed by atoms with Crippen molar-refractivity contribution in [3.8, 4) is 0 Å². The van der Waals surface area contributed by atoms with Gasteiger partial charge in [0.1, 0.15) is 5.65 Å². The van der Waals surface area contributed by atoms with E-state index in [1.165, 1.54) is 11.3 Å². The van der Waals surface area contributed by atoms with E-state index in [0.29, 0.717) is 13.1 Å². The van der Waals surface area contributed by atoms with Crippen molar-refractivity contribution < 1.29 is 13.2 Å². The lowest BCUT2D eigenvalue weighted by atomic mass is 10.2. The summed E-state index contributed by atoms with van der Waals surface area (Å²) >= 11 is 0. The number of amides is 1. The molecular weight excluding hydrogens is 400 g/mol. The Morgan fingerprint density at radius 1 is 1.13 bits per heavy atom. The predicted molar refractivity (Wildman–Crippen MR) is 117 cm³/mol. The summed E-state index contributed by atoms with van der Waals surface area (Å²) in [5.74, 6) is -0.0328. The Morgan fingerprint density at radius 3 is 2.53 bits per heavy atom. The van der Waals surface area contributed by atoms with Crippen molar-refractivity contribution in [2.24, 2.45) is 0 Å². The second-order valence-corrected chi connectivity index (χ2v) is 11.2. The second-order valence-electron chi connectivity index (χ2n) is 8.76. The van der Waals surface area contributed by atoms with Gasteiger partial charge in [-0.25, -0.2) is 13.4 Å². The molecule has 2 fully saturated rings. The Balaban J connectivity index is 1.30. The van der Waals surface area contributed by atoms with Crippen LogP contribution >= 0.6 is 0 Å². The van der Waals surface area contributed by atoms with Crippen molar-refractivity contribution in [2.75, 3.05) is 31.9 Å². The van der Waals surface area contributed by atoms with Crippen LogP contribution in [-0.2, 0) is 21.2 Å². The van der Waals surface area contributed by atoms with Crippen LogP contribution in [0.4, 0.5) is 0 Å². The van der Waals surface area contributed by atoms with E-state index in [1.54, 1.807) is 0 Å². The molecule has 0 bridgehead atoms. The Morgan fingerprint density at radius 2 is 1.83 bits per heavy atom. The minimum absolute atomic E-state index is 0.00284. The first-order valence-corrected chi connectivity index (χ1v) is 12.7. The molecule has 2 aromatic rings. The third-order valence-corrected chi connectivity index (χ3v) is 8.85. The van der Waals surface area contributed by atoms with Gasteiger partial charge in [0, 0.05) is 45.3 Å². The number of carbonyl (C=O) groups is 1. The summed E-state index contributed by atoms with van der Waals surface area (Å²) in [4.78, 5) is 21.4. The van der Waals surface area contributed by atoms with Crippen molar-refractivity contribution in [1.29, 1.82) is 0 Å². The first kappa shape index (κ1) is 21.3. The van der Waals surface area contributed by atoms with Gasteiger partial charge in [0.05, 0.1) is 22.4 Å². The molecule has 1 saturated carbocycles. The predicted octanol–water partition coefficient (Wildman–Crippen LogP) is 2.34. The Kier molecular flexibility index (Phi) is 6.16. The standard InChI is InChI=1S/C22H32N4O3S/c1-17-7-9-26-20(18(2)23-21(26)15-17)16-24-10-12-25(13-11-24)22(27)8-14-30(28,29)19-5-3-4-6-19/h7,9,15,19H,3-6,8,10-14,16H2,1-2H3. The number of hydrogen-bond acceptors (Lipinski definition) is 5. The Hall–Kier alpha value is -1.93. The van der Waals surface area contributed by atoms with Crippen molar-refractivity contribution >= 4 is 21.4 Å². The highest BCUT2D eigenvalue weighted by molar-refractivity contribution is 7.92. The van der Waals surface area contributed by atoms with Gasteiger partial charge in [-0.2, -0.15) is 0 Å². The van der Waals surface area contributed by atoms with Crippen molar-refractivity contribution in [3.05, 3.63) is 35.3 Å². The molecule has 7 nitrogen and oxygen atoms in total. The molecule has 1 aliphatic carbocycles. The zero-order valence-corrected chi connectivity index (χ0v) is 18.8. The molecule has 1 aliphatic heterocycles. The second kappa shape index (κ2) is 8.67. The SMILES string of the molecule is Cc1ccn2c(CN3CCN(C(=O)CCS(=O)(=O)C4CCCC4)CC3)c(C)nc2c1. The molecule has 0 spiro atoms. The molecule has 4 rings (SSSR count). The van der Waals surface area contributed by atoms with Gasteiger partial charge >= 0.3 is 0 Å². The summed E-state index contributed by atoms with van der Waals surface area (Å²) in [7, 11) is -3.14. The van der Waals surface area contributed by atoms with E-state index in [1.807, 2.05) is 11.8 Å². The zero-order valence-electron chi connectivity index (χ0n) is 18.0. The molecule has 0 unspecified atom stereocenters. The van der Waals surface area contributed by atoms with Gasteiger partial charge in [0.2, 0.25) is 5.91 Å². The molecule has 0 atom stereocenters. The number of aryl methyl sites for hydroxylation is 2. The first-order valence-electron chi connectivity index (χ1n) is 11.0. The highest BCUT2D eigenvalue weighted by Crippen LogP contribution is 2.25. The number of imidazole rings is 1. The fourth-order valence-corrected chi connectivity index (χ4v) is 6.52. The largest absolute Gasteiger partial charge is 0.340 e. The Bertz CT molecular complexity index is 1020. The fraction of sp³-hybridized carbons (Fsp3) is 0.636. The molecule has 1 saturated heterocycles. The van der Waals surface area contributed by atoms with Crippen LogP contribution in [0.5, 0.6) is 0 Å². The topological polar surface area (TPSA) is 75.0 Å². The number of rotatable bonds is 6. The monoisotopic (exact) mass is 432 g/mol. The van der Waals surface area contributed by atoms with Gasteiger partial charge in [0.15, 0.2) is 9.84 Å². The van der Waals surface area contributed by atoms with Gasteiger partial charge in [0.25, 0.3) is 0 Å². The molecule has 1 amide bonds. The smallest absolute Gasteiger partial charge is 0.223 e. The van der Waals surface area contributed by atoms with E-state index in [9.17, 15) is 13.2 Å². The number of hydrogen-bond donors (Lipinski definition) is 0. The minimum atomic E-state index is -3.14. The quantitative estimate of drug-likeness (QED) is 0.700. The third-order valence-electron chi connectivity index (χ3n) is 6.59. The lowest BCUT2D eigenvalue weighted by Gasteiger charge is -2.34. The normalized spacial score (nSPS) is 19.1. The summed E-state index contributed by atoms with van der Waals surface area (Å²) in [6.07, 6.45) is 5.70. The van der Waals surface area contributed by atoms with Crippen LogP contribution < -0.4 is 0 Å². The van der Waals surface area contributed by atoms with Crippen LogP contribution in [0.15, 0.2) is 18.3 Å². The van der Waals surface area contributed by atoms with E-state index in [0.717, 1.165) is 56.7 Å². The number of piperazine rings is 1. The summed E-state index contributed by atoms with van der Waals surface area (Å²) in [6.45, 7) is 7.79. The van der Waals surface area contributed by atoms with E-state index >= 15 is 0 Å². The van der Waals surface area contributed by atoms with Gasteiger partial charge < -0.3 is 9.30 Å². The third kappa shape index (κ3) is 4.54. The lowest BCUT2D eigenvalue weighted by Crippen LogP contribution is -2.48. The van der Waals surface area contributed by atoms with E-state index in [2.05, 4.69) is 39.5 Å². The van der Waals surface area contributed by atoms with Crippen molar-refractivity contribution in [1.82, 2.24) is 19.2 Å². The van der Waals surface area contributed by atoms with Gasteiger partial charge in [-0.15, -0.1) is 0 Å². The van der Waals surface area contributed by atoms with Gasteiger partial charge in [-0.1, -0.05) is 12.8 Å². The first-order chi connectivity index (χ1) is 14.3. The lowest BCUT2D eigenvalue weighted by molar-refractivity contribution is -0.132. The Labute approximate surface area is 179 Å². The summed E-state index contributed by atoms with van der Waals surface area (Å²) < 4.78 is 27.0. The number of fused-ring (bicyclic) bond motifs is 1. The van der Waals surface area contributed by atoms with Crippen LogP contribution in [0.3, 0.4) is 0 Å². The summed E-state index contributed by atoms with van der Waals surface area (Å²) in [5, 5.41) is -0.223. The molecule has 2 aliphatic rings. The maximum absolute atomic E-state index is 12.6. The fourth-order valence-electron chi connectivity index (χ4n) is 4.67. The molecular formula is C22H32N4O3S. The summed E-state index contributed by atoms with van der Waals surface area (Å²) in [6, 6.07) is 4.18. The molecule has 164 valence electrons. The van der Waals surface area contributed by atoms with Crippen molar-refractivity contribution in [2.45, 2.75) is 57.7 Å². The van der Waals surface area contributed by atoms with E-state index in [4.69, 9.17) is 0 Å². The maximum Gasteiger partial charge on any atom is 0.223 e. The van der Waals surface area contributed by atoms with Gasteiger partial charge in [-0.3, -0.25) is 9.69 Å². The molecule has 0 aromatic carbocycles.